The van der Waals surface area contributed by atoms with E-state index in [2.05, 4.69) is 5.32 Å². The first kappa shape index (κ1) is 9.45. The Labute approximate surface area is 77.3 Å². The van der Waals surface area contributed by atoms with Crippen molar-refractivity contribution in [3.63, 3.8) is 0 Å². The fraction of sp³-hybridized carbons (Fsp3) is 0.200. The van der Waals surface area contributed by atoms with E-state index in [4.69, 9.17) is 5.41 Å². The van der Waals surface area contributed by atoms with E-state index in [-0.39, 0.29) is 5.91 Å². The Balaban J connectivity index is 3.03. The van der Waals surface area contributed by atoms with Gasteiger partial charge in [0, 0.05) is 18.8 Å². The molecule has 0 aliphatic heterocycles. The van der Waals surface area contributed by atoms with Gasteiger partial charge in [-0.25, -0.2) is 0 Å². The Hall–Kier alpha value is -1.64. The van der Waals surface area contributed by atoms with Gasteiger partial charge < -0.3 is 10.7 Å². The van der Waals surface area contributed by atoms with E-state index < -0.39 is 0 Å². The standard InChI is InChI=1S/C10H12N2O/c1-7-3-4-9(6-11)5-10(7)12-8(2)13/h3-6,11H,1-2H3,(H,12,13). The van der Waals surface area contributed by atoms with Gasteiger partial charge in [0.2, 0.25) is 5.91 Å². The van der Waals surface area contributed by atoms with Gasteiger partial charge in [0.15, 0.2) is 0 Å². The topological polar surface area (TPSA) is 53.0 Å². The third-order valence-electron chi connectivity index (χ3n) is 1.74. The number of amides is 1. The molecule has 13 heavy (non-hydrogen) atoms. The second-order valence-electron chi connectivity index (χ2n) is 2.90. The molecule has 0 aliphatic carbocycles. The van der Waals surface area contributed by atoms with Gasteiger partial charge in [-0.05, 0) is 24.1 Å². The molecule has 0 aliphatic rings. The van der Waals surface area contributed by atoms with Crippen LogP contribution in [0.4, 0.5) is 5.69 Å². The average Bonchev–Trinajstić information content (AvgIpc) is 2.08. The van der Waals surface area contributed by atoms with E-state index in [9.17, 15) is 4.79 Å². The molecule has 68 valence electrons. The molecular weight excluding hydrogens is 164 g/mol. The summed E-state index contributed by atoms with van der Waals surface area (Å²) in [6, 6.07) is 5.50. The average molecular weight is 176 g/mol. The number of rotatable bonds is 2. The maximum absolute atomic E-state index is 10.8. The van der Waals surface area contributed by atoms with Crippen molar-refractivity contribution in [3.8, 4) is 0 Å². The highest BCUT2D eigenvalue weighted by Crippen LogP contribution is 2.15. The minimum absolute atomic E-state index is 0.0924. The van der Waals surface area contributed by atoms with Gasteiger partial charge in [0.25, 0.3) is 0 Å². The molecule has 0 aromatic heterocycles. The summed E-state index contributed by atoms with van der Waals surface area (Å²) in [5.41, 5.74) is 2.56. The van der Waals surface area contributed by atoms with Crippen LogP contribution in [0.25, 0.3) is 0 Å². The van der Waals surface area contributed by atoms with Crippen molar-refractivity contribution in [1.82, 2.24) is 0 Å². The molecule has 0 atom stereocenters. The summed E-state index contributed by atoms with van der Waals surface area (Å²) in [5, 5.41) is 9.76. The van der Waals surface area contributed by atoms with Gasteiger partial charge in [-0.15, -0.1) is 0 Å². The van der Waals surface area contributed by atoms with Gasteiger partial charge in [0.1, 0.15) is 0 Å². The van der Waals surface area contributed by atoms with Crippen molar-refractivity contribution >= 4 is 17.8 Å². The molecule has 1 aromatic rings. The Bertz CT molecular complexity index is 345. The lowest BCUT2D eigenvalue weighted by molar-refractivity contribution is -0.114. The Morgan fingerprint density at radius 2 is 2.23 bits per heavy atom. The van der Waals surface area contributed by atoms with Crippen LogP contribution in [0.5, 0.6) is 0 Å². The highest BCUT2D eigenvalue weighted by Gasteiger charge is 2.00. The summed E-state index contributed by atoms with van der Waals surface area (Å²) < 4.78 is 0. The fourth-order valence-electron chi connectivity index (χ4n) is 1.05. The lowest BCUT2D eigenvalue weighted by atomic mass is 10.1. The van der Waals surface area contributed by atoms with Crippen LogP contribution in [0.2, 0.25) is 0 Å². The third kappa shape index (κ3) is 2.40. The predicted octanol–water partition coefficient (Wildman–Crippen LogP) is 1.95. The summed E-state index contributed by atoms with van der Waals surface area (Å²) in [6.07, 6.45) is 1.25. The number of anilines is 1. The number of nitrogens with one attached hydrogen (secondary N) is 2. The van der Waals surface area contributed by atoms with Crippen LogP contribution in [-0.2, 0) is 4.79 Å². The number of hydrogen-bond acceptors (Lipinski definition) is 2. The molecule has 0 saturated carbocycles. The maximum Gasteiger partial charge on any atom is 0.221 e. The zero-order valence-electron chi connectivity index (χ0n) is 7.72. The van der Waals surface area contributed by atoms with Crippen LogP contribution in [0, 0.1) is 12.3 Å². The molecule has 0 unspecified atom stereocenters. The largest absolute Gasteiger partial charge is 0.326 e. The number of hydrogen-bond donors (Lipinski definition) is 2. The van der Waals surface area contributed by atoms with Gasteiger partial charge in [-0.2, -0.15) is 0 Å². The van der Waals surface area contributed by atoms with Crippen LogP contribution in [0.15, 0.2) is 18.2 Å². The number of aryl methyl sites for hydroxylation is 1. The molecule has 0 fully saturated rings. The predicted molar refractivity (Wildman–Crippen MR) is 53.4 cm³/mol. The summed E-state index contributed by atoms with van der Waals surface area (Å²) >= 11 is 0. The summed E-state index contributed by atoms with van der Waals surface area (Å²) in [7, 11) is 0. The first-order valence-corrected chi connectivity index (χ1v) is 4.02. The molecule has 0 spiro atoms. The molecule has 1 amide bonds. The van der Waals surface area contributed by atoms with Gasteiger partial charge in [-0.3, -0.25) is 4.79 Å². The van der Waals surface area contributed by atoms with E-state index in [1.165, 1.54) is 13.1 Å². The van der Waals surface area contributed by atoms with Crippen LogP contribution in [0.1, 0.15) is 18.1 Å². The quantitative estimate of drug-likeness (QED) is 0.665. The van der Waals surface area contributed by atoms with E-state index in [1.807, 2.05) is 19.1 Å². The minimum Gasteiger partial charge on any atom is -0.326 e. The monoisotopic (exact) mass is 176 g/mol. The van der Waals surface area contributed by atoms with Crippen LogP contribution >= 0.6 is 0 Å². The van der Waals surface area contributed by atoms with Crippen molar-refractivity contribution in [3.05, 3.63) is 29.3 Å². The normalized spacial score (nSPS) is 9.38. The van der Waals surface area contributed by atoms with Gasteiger partial charge in [0.05, 0.1) is 0 Å². The second-order valence-corrected chi connectivity index (χ2v) is 2.90. The van der Waals surface area contributed by atoms with Gasteiger partial charge >= 0.3 is 0 Å². The smallest absolute Gasteiger partial charge is 0.221 e. The zero-order valence-corrected chi connectivity index (χ0v) is 7.72. The van der Waals surface area contributed by atoms with E-state index in [1.54, 1.807) is 6.07 Å². The molecule has 3 heteroatoms. The molecule has 3 nitrogen and oxygen atoms in total. The lowest BCUT2D eigenvalue weighted by Crippen LogP contribution is -2.07. The lowest BCUT2D eigenvalue weighted by Gasteiger charge is -2.06. The first-order chi connectivity index (χ1) is 6.13. The number of carbonyl (C=O) groups is 1. The summed E-state index contributed by atoms with van der Waals surface area (Å²) in [4.78, 5) is 10.8. The molecule has 0 radical (unpaired) electrons. The minimum atomic E-state index is -0.0924. The summed E-state index contributed by atoms with van der Waals surface area (Å²) in [6.45, 7) is 3.38. The van der Waals surface area contributed by atoms with Crippen molar-refractivity contribution in [2.75, 3.05) is 5.32 Å². The third-order valence-corrected chi connectivity index (χ3v) is 1.74. The first-order valence-electron chi connectivity index (χ1n) is 4.02. The fourth-order valence-corrected chi connectivity index (χ4v) is 1.05. The maximum atomic E-state index is 10.8. The number of carbonyl (C=O) groups excluding carboxylic acids is 1. The Morgan fingerprint density at radius 1 is 1.54 bits per heavy atom. The van der Waals surface area contributed by atoms with Gasteiger partial charge in [-0.1, -0.05) is 12.1 Å². The molecular formula is C10H12N2O. The van der Waals surface area contributed by atoms with Crippen LogP contribution in [-0.4, -0.2) is 12.1 Å². The molecule has 0 saturated heterocycles. The van der Waals surface area contributed by atoms with Crippen molar-refractivity contribution in [2.45, 2.75) is 13.8 Å². The Morgan fingerprint density at radius 3 is 2.77 bits per heavy atom. The molecule has 2 N–H and O–H groups in total. The summed E-state index contributed by atoms with van der Waals surface area (Å²) in [5.74, 6) is -0.0924. The van der Waals surface area contributed by atoms with Crippen LogP contribution < -0.4 is 5.32 Å². The second kappa shape index (κ2) is 3.85. The molecule has 1 rings (SSSR count). The highest BCUT2D eigenvalue weighted by atomic mass is 16.1. The van der Waals surface area contributed by atoms with Crippen molar-refractivity contribution < 1.29 is 4.79 Å². The van der Waals surface area contributed by atoms with Crippen molar-refractivity contribution in [1.29, 1.82) is 5.41 Å². The molecule has 0 bridgehead atoms. The van der Waals surface area contributed by atoms with E-state index >= 15 is 0 Å². The zero-order chi connectivity index (χ0) is 9.84. The molecule has 0 heterocycles. The van der Waals surface area contributed by atoms with E-state index in [0.29, 0.717) is 0 Å². The molecule has 1 aromatic carbocycles. The SMILES string of the molecule is CC(=O)Nc1cc(C=N)ccc1C. The number of benzene rings is 1. The highest BCUT2D eigenvalue weighted by molar-refractivity contribution is 5.91. The Kier molecular flexibility index (Phi) is 2.80. The van der Waals surface area contributed by atoms with E-state index in [0.717, 1.165) is 16.8 Å². The van der Waals surface area contributed by atoms with Crippen molar-refractivity contribution in [2.24, 2.45) is 0 Å². The van der Waals surface area contributed by atoms with Crippen LogP contribution in [0.3, 0.4) is 0 Å².